The van der Waals surface area contributed by atoms with Crippen molar-refractivity contribution in [3.05, 3.63) is 23.3 Å². The molecule has 5 heteroatoms. The summed E-state index contributed by atoms with van der Waals surface area (Å²) in [7, 11) is 0. The minimum absolute atomic E-state index is 0.210. The molecule has 0 spiro atoms. The Labute approximate surface area is 132 Å². The topological polar surface area (TPSA) is 49.3 Å². The van der Waals surface area contributed by atoms with Crippen LogP contribution in [0.15, 0.2) is 6.07 Å². The molecule has 22 heavy (non-hydrogen) atoms. The van der Waals surface area contributed by atoms with E-state index in [4.69, 9.17) is 0 Å². The molecule has 1 aromatic heterocycles. The first-order chi connectivity index (χ1) is 10.5. The van der Waals surface area contributed by atoms with Gasteiger partial charge in [-0.05, 0) is 45.7 Å². The molecule has 0 radical (unpaired) electrons. The zero-order valence-electron chi connectivity index (χ0n) is 13.9. The molecular weight excluding hydrogens is 276 g/mol. The second-order valence-corrected chi connectivity index (χ2v) is 6.73. The lowest BCUT2D eigenvalue weighted by Crippen LogP contribution is -2.45. The molecule has 2 aliphatic heterocycles. The van der Waals surface area contributed by atoms with Crippen molar-refractivity contribution < 1.29 is 4.79 Å². The SMILES string of the molecule is CC(=O)N1CCC(N2CC[C@H](c3nc(C)cc(C)n3)C2)CC1. The van der Waals surface area contributed by atoms with Crippen LogP contribution < -0.4 is 0 Å². The minimum Gasteiger partial charge on any atom is -0.343 e. The number of aromatic nitrogens is 2. The highest BCUT2D eigenvalue weighted by molar-refractivity contribution is 5.73. The number of hydrogen-bond donors (Lipinski definition) is 0. The third-order valence-corrected chi connectivity index (χ3v) is 5.01. The van der Waals surface area contributed by atoms with Crippen molar-refractivity contribution in [1.82, 2.24) is 19.8 Å². The van der Waals surface area contributed by atoms with Crippen molar-refractivity contribution in [3.8, 4) is 0 Å². The van der Waals surface area contributed by atoms with Gasteiger partial charge in [-0.1, -0.05) is 0 Å². The van der Waals surface area contributed by atoms with E-state index in [1.165, 1.54) is 0 Å². The van der Waals surface area contributed by atoms with Gasteiger partial charge in [0.05, 0.1) is 0 Å². The average Bonchev–Trinajstić information content (AvgIpc) is 2.96. The monoisotopic (exact) mass is 302 g/mol. The van der Waals surface area contributed by atoms with Gasteiger partial charge in [0.15, 0.2) is 0 Å². The number of rotatable bonds is 2. The van der Waals surface area contributed by atoms with Crippen LogP contribution in [0.1, 0.15) is 49.3 Å². The smallest absolute Gasteiger partial charge is 0.219 e. The molecule has 3 rings (SSSR count). The van der Waals surface area contributed by atoms with Gasteiger partial charge >= 0.3 is 0 Å². The summed E-state index contributed by atoms with van der Waals surface area (Å²) in [6.07, 6.45) is 3.34. The summed E-state index contributed by atoms with van der Waals surface area (Å²) in [5.74, 6) is 1.69. The lowest BCUT2D eigenvalue weighted by atomic mass is 10.0. The summed E-state index contributed by atoms with van der Waals surface area (Å²) >= 11 is 0. The molecule has 0 bridgehead atoms. The molecule has 2 saturated heterocycles. The maximum atomic E-state index is 11.4. The van der Waals surface area contributed by atoms with Crippen molar-refractivity contribution in [1.29, 1.82) is 0 Å². The number of amides is 1. The molecule has 1 aromatic rings. The molecule has 0 saturated carbocycles. The Morgan fingerprint density at radius 3 is 2.32 bits per heavy atom. The Morgan fingerprint density at radius 2 is 1.73 bits per heavy atom. The van der Waals surface area contributed by atoms with Crippen LogP contribution in [0.3, 0.4) is 0 Å². The fourth-order valence-electron chi connectivity index (χ4n) is 3.81. The zero-order chi connectivity index (χ0) is 15.7. The van der Waals surface area contributed by atoms with Gasteiger partial charge in [-0.25, -0.2) is 9.97 Å². The quantitative estimate of drug-likeness (QED) is 0.837. The third-order valence-electron chi connectivity index (χ3n) is 5.01. The van der Waals surface area contributed by atoms with E-state index in [0.717, 1.165) is 62.7 Å². The molecule has 0 N–H and O–H groups in total. The maximum absolute atomic E-state index is 11.4. The van der Waals surface area contributed by atoms with Gasteiger partial charge in [0.25, 0.3) is 0 Å². The molecule has 1 amide bonds. The van der Waals surface area contributed by atoms with Crippen LogP contribution in [0.5, 0.6) is 0 Å². The van der Waals surface area contributed by atoms with E-state index in [2.05, 4.69) is 14.9 Å². The minimum atomic E-state index is 0.210. The summed E-state index contributed by atoms with van der Waals surface area (Å²) in [4.78, 5) is 25.3. The van der Waals surface area contributed by atoms with Gasteiger partial charge in [-0.3, -0.25) is 9.69 Å². The first-order valence-electron chi connectivity index (χ1n) is 8.34. The molecule has 0 unspecified atom stereocenters. The zero-order valence-corrected chi connectivity index (χ0v) is 13.9. The summed E-state index contributed by atoms with van der Waals surface area (Å²) in [5, 5.41) is 0. The maximum Gasteiger partial charge on any atom is 0.219 e. The number of likely N-dealkylation sites (tertiary alicyclic amines) is 2. The summed E-state index contributed by atoms with van der Waals surface area (Å²) in [5.41, 5.74) is 2.13. The highest BCUT2D eigenvalue weighted by Gasteiger charge is 2.32. The normalized spacial score (nSPS) is 24.0. The highest BCUT2D eigenvalue weighted by atomic mass is 16.2. The fourth-order valence-corrected chi connectivity index (χ4v) is 3.81. The molecule has 5 nitrogen and oxygen atoms in total. The third kappa shape index (κ3) is 3.29. The van der Waals surface area contributed by atoms with Crippen LogP contribution in [-0.2, 0) is 4.79 Å². The lowest BCUT2D eigenvalue weighted by molar-refractivity contribution is -0.130. The standard InChI is InChI=1S/C17H26N4O/c1-12-10-13(2)19-17(18-12)15-4-7-21(11-15)16-5-8-20(9-6-16)14(3)22/h10,15-16H,4-9,11H2,1-3H3/t15-/m0/s1. The second-order valence-electron chi connectivity index (χ2n) is 6.73. The Kier molecular flexibility index (Phi) is 4.43. The largest absolute Gasteiger partial charge is 0.343 e. The Hall–Kier alpha value is -1.49. The molecular formula is C17H26N4O. The first-order valence-corrected chi connectivity index (χ1v) is 8.34. The van der Waals surface area contributed by atoms with E-state index >= 15 is 0 Å². The van der Waals surface area contributed by atoms with Gasteiger partial charge in [-0.2, -0.15) is 0 Å². The molecule has 3 heterocycles. The van der Waals surface area contributed by atoms with Crippen LogP contribution in [0.25, 0.3) is 0 Å². The van der Waals surface area contributed by atoms with Gasteiger partial charge in [0, 0.05) is 49.9 Å². The lowest BCUT2D eigenvalue weighted by Gasteiger charge is -2.36. The summed E-state index contributed by atoms with van der Waals surface area (Å²) in [6.45, 7) is 9.76. The van der Waals surface area contributed by atoms with Crippen LogP contribution in [0.2, 0.25) is 0 Å². The van der Waals surface area contributed by atoms with E-state index in [1.807, 2.05) is 24.8 Å². The summed E-state index contributed by atoms with van der Waals surface area (Å²) < 4.78 is 0. The Morgan fingerprint density at radius 1 is 1.09 bits per heavy atom. The molecule has 0 aliphatic carbocycles. The van der Waals surface area contributed by atoms with Gasteiger partial charge in [0.2, 0.25) is 5.91 Å². The predicted octanol–water partition coefficient (Wildman–Crippen LogP) is 1.89. The van der Waals surface area contributed by atoms with Crippen molar-refractivity contribution in [2.75, 3.05) is 26.2 Å². The van der Waals surface area contributed by atoms with Crippen molar-refractivity contribution in [2.24, 2.45) is 0 Å². The number of nitrogens with zero attached hydrogens (tertiary/aromatic N) is 4. The van der Waals surface area contributed by atoms with E-state index in [-0.39, 0.29) is 5.91 Å². The second kappa shape index (κ2) is 6.32. The van der Waals surface area contributed by atoms with E-state index in [0.29, 0.717) is 12.0 Å². The number of hydrogen-bond acceptors (Lipinski definition) is 4. The Balaban J connectivity index is 1.60. The number of carbonyl (C=O) groups excluding carboxylic acids is 1. The van der Waals surface area contributed by atoms with Crippen LogP contribution in [0, 0.1) is 13.8 Å². The highest BCUT2D eigenvalue weighted by Crippen LogP contribution is 2.29. The van der Waals surface area contributed by atoms with Gasteiger partial charge in [0.1, 0.15) is 5.82 Å². The molecule has 1 atom stereocenters. The van der Waals surface area contributed by atoms with E-state index < -0.39 is 0 Å². The number of aryl methyl sites for hydroxylation is 2. The van der Waals surface area contributed by atoms with Crippen LogP contribution >= 0.6 is 0 Å². The van der Waals surface area contributed by atoms with Crippen molar-refractivity contribution in [3.63, 3.8) is 0 Å². The average molecular weight is 302 g/mol. The Bertz CT molecular complexity index is 531. The summed E-state index contributed by atoms with van der Waals surface area (Å²) in [6, 6.07) is 2.65. The number of carbonyl (C=O) groups is 1. The van der Waals surface area contributed by atoms with Crippen LogP contribution in [-0.4, -0.2) is 57.9 Å². The molecule has 2 aliphatic rings. The fraction of sp³-hybridized carbons (Fsp3) is 0.706. The van der Waals surface area contributed by atoms with E-state index in [1.54, 1.807) is 6.92 Å². The molecule has 0 aromatic carbocycles. The van der Waals surface area contributed by atoms with Gasteiger partial charge in [-0.15, -0.1) is 0 Å². The first kappa shape index (κ1) is 15.4. The van der Waals surface area contributed by atoms with E-state index in [9.17, 15) is 4.79 Å². The molecule has 120 valence electrons. The van der Waals surface area contributed by atoms with Gasteiger partial charge < -0.3 is 4.90 Å². The molecule has 2 fully saturated rings. The van der Waals surface area contributed by atoms with Crippen molar-refractivity contribution in [2.45, 2.75) is 52.0 Å². The van der Waals surface area contributed by atoms with Crippen molar-refractivity contribution >= 4 is 5.91 Å². The van der Waals surface area contributed by atoms with Crippen LogP contribution in [0.4, 0.5) is 0 Å². The number of piperidine rings is 1. The predicted molar refractivity (Wildman–Crippen MR) is 85.7 cm³/mol.